The molecule has 0 spiro atoms. The van der Waals surface area contributed by atoms with Crippen LogP contribution in [0.1, 0.15) is 12.5 Å². The Morgan fingerprint density at radius 1 is 1.48 bits per heavy atom. The summed E-state index contributed by atoms with van der Waals surface area (Å²) in [5.74, 6) is -4.41. The number of aromatic nitrogens is 3. The average molecular weight is 297 g/mol. The number of aliphatic carboxylic acids is 1. The molecule has 0 amide bonds. The van der Waals surface area contributed by atoms with E-state index in [0.717, 1.165) is 22.9 Å². The van der Waals surface area contributed by atoms with Gasteiger partial charge in [0.15, 0.2) is 0 Å². The first-order valence-corrected chi connectivity index (χ1v) is 6.07. The van der Waals surface area contributed by atoms with Gasteiger partial charge >= 0.3 is 5.97 Å². The van der Waals surface area contributed by atoms with Gasteiger partial charge in [0.25, 0.3) is 0 Å². The van der Waals surface area contributed by atoms with Crippen molar-refractivity contribution in [2.75, 3.05) is 0 Å². The van der Waals surface area contributed by atoms with Crippen LogP contribution in [0.5, 0.6) is 0 Å². The van der Waals surface area contributed by atoms with Gasteiger partial charge in [0, 0.05) is 5.56 Å². The van der Waals surface area contributed by atoms with E-state index < -0.39 is 34.7 Å². The van der Waals surface area contributed by atoms with Gasteiger partial charge < -0.3 is 10.2 Å². The van der Waals surface area contributed by atoms with Gasteiger partial charge in [-0.15, -0.1) is 0 Å². The molecule has 2 atom stereocenters. The van der Waals surface area contributed by atoms with E-state index in [4.69, 9.17) is 5.11 Å². The molecule has 0 saturated heterocycles. The van der Waals surface area contributed by atoms with Crippen molar-refractivity contribution in [3.63, 3.8) is 0 Å². The van der Waals surface area contributed by atoms with Gasteiger partial charge in [0.2, 0.25) is 0 Å². The second-order valence-electron chi connectivity index (χ2n) is 4.70. The molecule has 2 aromatic rings. The van der Waals surface area contributed by atoms with Gasteiger partial charge in [0.05, 0.1) is 12.5 Å². The van der Waals surface area contributed by atoms with Crippen LogP contribution in [-0.4, -0.2) is 30.9 Å². The standard InChI is InChI=1S/C13H13F2N3O3/c1-8(12(19)20)13(21,5-18-7-16-6-17-18)10-4-9(14)2-3-11(10)15/h2-4,6-8,21H,5H2,1H3,(H,19,20)/t8-,13-/m1/s1. The number of rotatable bonds is 5. The van der Waals surface area contributed by atoms with Crippen molar-refractivity contribution >= 4 is 5.97 Å². The van der Waals surface area contributed by atoms with Crippen LogP contribution in [-0.2, 0) is 16.9 Å². The number of benzene rings is 1. The number of nitrogens with zero attached hydrogens (tertiary/aromatic N) is 3. The molecule has 0 saturated carbocycles. The predicted octanol–water partition coefficient (Wildman–Crippen LogP) is 1.16. The number of halogens is 2. The minimum Gasteiger partial charge on any atom is -0.481 e. The van der Waals surface area contributed by atoms with Crippen molar-refractivity contribution in [2.24, 2.45) is 5.92 Å². The zero-order valence-corrected chi connectivity index (χ0v) is 11.1. The third-order valence-electron chi connectivity index (χ3n) is 3.35. The molecule has 1 aromatic heterocycles. The van der Waals surface area contributed by atoms with Gasteiger partial charge in [0.1, 0.15) is 29.9 Å². The Bertz CT molecular complexity index is 648. The smallest absolute Gasteiger partial charge is 0.309 e. The molecule has 0 aliphatic rings. The highest BCUT2D eigenvalue weighted by atomic mass is 19.1. The first-order valence-electron chi connectivity index (χ1n) is 6.07. The second kappa shape index (κ2) is 5.57. The summed E-state index contributed by atoms with van der Waals surface area (Å²) < 4.78 is 28.5. The fraction of sp³-hybridized carbons (Fsp3) is 0.308. The zero-order chi connectivity index (χ0) is 15.6. The number of hydrogen-bond acceptors (Lipinski definition) is 4. The minimum atomic E-state index is -2.17. The maximum Gasteiger partial charge on any atom is 0.309 e. The van der Waals surface area contributed by atoms with Crippen LogP contribution in [0.2, 0.25) is 0 Å². The molecular formula is C13H13F2N3O3. The molecule has 1 heterocycles. The Hall–Kier alpha value is -2.35. The van der Waals surface area contributed by atoms with E-state index >= 15 is 0 Å². The molecule has 1 aromatic carbocycles. The molecule has 0 bridgehead atoms. The number of aliphatic hydroxyl groups is 1. The van der Waals surface area contributed by atoms with E-state index in [1.54, 1.807) is 0 Å². The lowest BCUT2D eigenvalue weighted by Gasteiger charge is -2.32. The highest BCUT2D eigenvalue weighted by Crippen LogP contribution is 2.34. The van der Waals surface area contributed by atoms with Gasteiger partial charge in [-0.3, -0.25) is 4.79 Å². The molecule has 2 N–H and O–H groups in total. The summed E-state index contributed by atoms with van der Waals surface area (Å²) in [5.41, 5.74) is -2.61. The molecule has 21 heavy (non-hydrogen) atoms. The topological polar surface area (TPSA) is 88.2 Å². The van der Waals surface area contributed by atoms with Crippen LogP contribution >= 0.6 is 0 Å². The fourth-order valence-corrected chi connectivity index (χ4v) is 2.05. The van der Waals surface area contributed by atoms with E-state index in [-0.39, 0.29) is 6.54 Å². The quantitative estimate of drug-likeness (QED) is 0.864. The van der Waals surface area contributed by atoms with E-state index in [2.05, 4.69) is 10.1 Å². The first kappa shape index (κ1) is 15.0. The Balaban J connectivity index is 2.54. The molecule has 0 aliphatic carbocycles. The summed E-state index contributed by atoms with van der Waals surface area (Å²) in [6, 6.07) is 2.51. The molecule has 112 valence electrons. The van der Waals surface area contributed by atoms with Crippen molar-refractivity contribution in [1.29, 1.82) is 0 Å². The van der Waals surface area contributed by atoms with Gasteiger partial charge in [-0.2, -0.15) is 5.10 Å². The van der Waals surface area contributed by atoms with Crippen LogP contribution < -0.4 is 0 Å². The Morgan fingerprint density at radius 3 is 2.76 bits per heavy atom. The van der Waals surface area contributed by atoms with E-state index in [0.29, 0.717) is 0 Å². The Morgan fingerprint density at radius 2 is 2.19 bits per heavy atom. The van der Waals surface area contributed by atoms with Gasteiger partial charge in [-0.05, 0) is 25.1 Å². The lowest BCUT2D eigenvalue weighted by atomic mass is 9.81. The monoisotopic (exact) mass is 297 g/mol. The van der Waals surface area contributed by atoms with Crippen molar-refractivity contribution in [2.45, 2.75) is 19.1 Å². The van der Waals surface area contributed by atoms with E-state index in [9.17, 15) is 18.7 Å². The minimum absolute atomic E-state index is 0.374. The van der Waals surface area contributed by atoms with E-state index in [1.807, 2.05) is 0 Å². The normalized spacial score (nSPS) is 15.4. The number of carbonyl (C=O) groups is 1. The third-order valence-corrected chi connectivity index (χ3v) is 3.35. The lowest BCUT2D eigenvalue weighted by molar-refractivity contribution is -0.153. The van der Waals surface area contributed by atoms with Crippen LogP contribution in [0.3, 0.4) is 0 Å². The van der Waals surface area contributed by atoms with Crippen molar-refractivity contribution in [3.05, 3.63) is 48.1 Å². The van der Waals surface area contributed by atoms with Gasteiger partial charge in [-0.25, -0.2) is 18.4 Å². The summed E-state index contributed by atoms with van der Waals surface area (Å²) in [5, 5.41) is 23.6. The highest BCUT2D eigenvalue weighted by molar-refractivity contribution is 5.71. The Kier molecular flexibility index (Phi) is 3.99. The Labute approximate surface area is 118 Å². The number of carboxylic acid groups (broad SMARTS) is 1. The molecule has 0 unspecified atom stereocenters. The summed E-state index contributed by atoms with van der Waals surface area (Å²) in [7, 11) is 0. The summed E-state index contributed by atoms with van der Waals surface area (Å²) in [4.78, 5) is 14.9. The highest BCUT2D eigenvalue weighted by Gasteiger charge is 2.43. The van der Waals surface area contributed by atoms with Crippen LogP contribution in [0.4, 0.5) is 8.78 Å². The maximum absolute atomic E-state index is 14.0. The molecule has 0 fully saturated rings. The van der Waals surface area contributed by atoms with Crippen molar-refractivity contribution < 1.29 is 23.8 Å². The SMILES string of the molecule is C[C@H](C(=O)O)[C@](O)(Cn1cncn1)c1cc(F)ccc1F. The van der Waals surface area contributed by atoms with Crippen molar-refractivity contribution in [1.82, 2.24) is 14.8 Å². The molecule has 0 aliphatic heterocycles. The third kappa shape index (κ3) is 2.89. The fourth-order valence-electron chi connectivity index (χ4n) is 2.05. The van der Waals surface area contributed by atoms with Crippen molar-refractivity contribution in [3.8, 4) is 0 Å². The van der Waals surface area contributed by atoms with E-state index in [1.165, 1.54) is 19.6 Å². The number of carboxylic acids is 1. The molecule has 0 radical (unpaired) electrons. The summed E-state index contributed by atoms with van der Waals surface area (Å²) >= 11 is 0. The van der Waals surface area contributed by atoms with Gasteiger partial charge in [-0.1, -0.05) is 0 Å². The molecule has 8 heteroatoms. The largest absolute Gasteiger partial charge is 0.481 e. The number of hydrogen-bond donors (Lipinski definition) is 2. The average Bonchev–Trinajstić information content (AvgIpc) is 2.93. The first-order chi connectivity index (χ1) is 9.84. The summed E-state index contributed by atoms with van der Waals surface area (Å²) in [6.07, 6.45) is 2.44. The van der Waals surface area contributed by atoms with Crippen LogP contribution in [0.15, 0.2) is 30.9 Å². The van der Waals surface area contributed by atoms with Crippen LogP contribution in [0, 0.1) is 17.6 Å². The molecular weight excluding hydrogens is 284 g/mol. The predicted molar refractivity (Wildman–Crippen MR) is 67.1 cm³/mol. The van der Waals surface area contributed by atoms with Crippen LogP contribution in [0.25, 0.3) is 0 Å². The summed E-state index contributed by atoms with van der Waals surface area (Å²) in [6.45, 7) is 0.838. The molecule has 2 rings (SSSR count). The zero-order valence-electron chi connectivity index (χ0n) is 11.1. The lowest BCUT2D eigenvalue weighted by Crippen LogP contribution is -2.43. The molecule has 6 nitrogen and oxygen atoms in total. The second-order valence-corrected chi connectivity index (χ2v) is 4.70. The maximum atomic E-state index is 14.0.